The van der Waals surface area contributed by atoms with Gasteiger partial charge in [-0.25, -0.2) is 9.32 Å². The molecule has 1 atom stereocenters. The second-order valence-corrected chi connectivity index (χ2v) is 5.86. The fraction of sp³-hybridized carbons (Fsp3) is 0.188. The summed E-state index contributed by atoms with van der Waals surface area (Å²) in [6.45, 7) is 5.81. The zero-order valence-corrected chi connectivity index (χ0v) is 12.6. The van der Waals surface area contributed by atoms with Crippen molar-refractivity contribution >= 4 is 19.3 Å². The number of rotatable bonds is 3. The lowest BCUT2D eigenvalue weighted by Crippen LogP contribution is -2.07. The van der Waals surface area contributed by atoms with Crippen molar-refractivity contribution in [3.63, 3.8) is 0 Å². The van der Waals surface area contributed by atoms with E-state index in [1.54, 1.807) is 30.3 Å². The zero-order chi connectivity index (χ0) is 14.7. The molecule has 2 aromatic rings. The zero-order valence-electron chi connectivity index (χ0n) is 11.7. The summed E-state index contributed by atoms with van der Waals surface area (Å²) in [6, 6.07) is 12.3. The fourth-order valence-electron chi connectivity index (χ4n) is 1.90. The molecule has 4 heteroatoms. The Kier molecular flexibility index (Phi) is 4.31. The predicted octanol–water partition coefficient (Wildman–Crippen LogP) is 3.84. The van der Waals surface area contributed by atoms with Crippen LogP contribution < -0.4 is 5.30 Å². The first-order chi connectivity index (χ1) is 9.50. The second-order valence-electron chi connectivity index (χ2n) is 4.65. The van der Waals surface area contributed by atoms with Crippen LogP contribution in [-0.2, 0) is 9.09 Å². The van der Waals surface area contributed by atoms with Crippen molar-refractivity contribution in [2.24, 2.45) is 0 Å². The Bertz CT molecular complexity index is 663. The Labute approximate surface area is 119 Å². The van der Waals surface area contributed by atoms with Crippen LogP contribution in [0, 0.1) is 20.8 Å². The molecular formula is C16H16O3P+. The molecule has 0 bridgehead atoms. The van der Waals surface area contributed by atoms with E-state index in [0.29, 0.717) is 10.9 Å². The Hall–Kier alpha value is -1.99. The largest absolute Gasteiger partial charge is 0.600 e. The molecule has 102 valence electrons. The number of hydrogen-bond acceptors (Lipinski definition) is 3. The van der Waals surface area contributed by atoms with Crippen molar-refractivity contribution in [2.75, 3.05) is 0 Å². The molecule has 0 spiro atoms. The number of carbonyl (C=O) groups excluding carboxylic acids is 1. The average molecular weight is 287 g/mol. The smallest absolute Gasteiger partial charge is 0.241 e. The van der Waals surface area contributed by atoms with E-state index in [9.17, 15) is 9.36 Å². The second kappa shape index (κ2) is 5.98. The maximum atomic E-state index is 12.1. The van der Waals surface area contributed by atoms with Gasteiger partial charge in [-0.1, -0.05) is 24.3 Å². The van der Waals surface area contributed by atoms with Crippen LogP contribution >= 0.6 is 8.03 Å². The number of aryl methyl sites for hydroxylation is 1. The summed E-state index contributed by atoms with van der Waals surface area (Å²) in [4.78, 5) is 12.1. The van der Waals surface area contributed by atoms with Crippen molar-refractivity contribution < 1.29 is 13.9 Å². The number of hydrogen-bond donors (Lipinski definition) is 0. The van der Waals surface area contributed by atoms with Gasteiger partial charge in [-0.05, 0) is 60.2 Å². The molecule has 0 radical (unpaired) electrons. The summed E-state index contributed by atoms with van der Waals surface area (Å²) in [7, 11) is -2.17. The van der Waals surface area contributed by atoms with E-state index in [1.807, 2.05) is 32.9 Å². The molecule has 0 aliphatic heterocycles. The molecule has 0 saturated carbocycles. The van der Waals surface area contributed by atoms with Gasteiger partial charge in [0.25, 0.3) is 0 Å². The van der Waals surface area contributed by atoms with Gasteiger partial charge in [0.2, 0.25) is 5.30 Å². The first-order valence-electron chi connectivity index (χ1n) is 6.32. The van der Waals surface area contributed by atoms with Gasteiger partial charge in [0.1, 0.15) is 0 Å². The maximum Gasteiger partial charge on any atom is 0.600 e. The molecule has 0 aliphatic carbocycles. The highest BCUT2D eigenvalue weighted by molar-refractivity contribution is 7.49. The number of benzene rings is 2. The summed E-state index contributed by atoms with van der Waals surface area (Å²) < 4.78 is 17.1. The Morgan fingerprint density at radius 1 is 0.950 bits per heavy atom. The van der Waals surface area contributed by atoms with Gasteiger partial charge >= 0.3 is 14.0 Å². The van der Waals surface area contributed by atoms with Crippen LogP contribution in [0.4, 0.5) is 0 Å². The van der Waals surface area contributed by atoms with Crippen molar-refractivity contribution in [2.45, 2.75) is 20.8 Å². The van der Waals surface area contributed by atoms with Crippen LogP contribution in [0.1, 0.15) is 27.0 Å². The van der Waals surface area contributed by atoms with Crippen molar-refractivity contribution in [3.05, 3.63) is 64.7 Å². The normalized spacial score (nSPS) is 11.1. The predicted molar refractivity (Wildman–Crippen MR) is 79.8 cm³/mol. The monoisotopic (exact) mass is 287 g/mol. The standard InChI is InChI=1S/C16H16O3P/c1-11-9-10-15(13(3)12(11)2)16(17)19-20(18)14-7-5-4-6-8-14/h4-10H,1-3H3/q+1. The third kappa shape index (κ3) is 2.94. The molecule has 20 heavy (non-hydrogen) atoms. The molecule has 0 fully saturated rings. The summed E-state index contributed by atoms with van der Waals surface area (Å²) >= 11 is 0. The third-order valence-corrected chi connectivity index (χ3v) is 4.46. The molecule has 0 aromatic heterocycles. The van der Waals surface area contributed by atoms with Crippen molar-refractivity contribution in [1.29, 1.82) is 0 Å². The van der Waals surface area contributed by atoms with Crippen LogP contribution in [0.3, 0.4) is 0 Å². The molecular weight excluding hydrogens is 271 g/mol. The lowest BCUT2D eigenvalue weighted by atomic mass is 9.99. The quantitative estimate of drug-likeness (QED) is 0.806. The summed E-state index contributed by atoms with van der Waals surface area (Å²) in [5.41, 5.74) is 3.50. The van der Waals surface area contributed by atoms with Crippen LogP contribution in [0.2, 0.25) is 0 Å². The van der Waals surface area contributed by atoms with E-state index < -0.39 is 14.0 Å². The van der Waals surface area contributed by atoms with Gasteiger partial charge in [-0.3, -0.25) is 0 Å². The fourth-order valence-corrected chi connectivity index (χ4v) is 2.67. The lowest BCUT2D eigenvalue weighted by molar-refractivity contribution is 0.0751. The Morgan fingerprint density at radius 2 is 1.60 bits per heavy atom. The molecule has 0 saturated heterocycles. The minimum Gasteiger partial charge on any atom is -0.241 e. The number of carbonyl (C=O) groups is 1. The first-order valence-corrected chi connectivity index (χ1v) is 7.50. The van der Waals surface area contributed by atoms with E-state index in [1.165, 1.54) is 0 Å². The molecule has 0 heterocycles. The van der Waals surface area contributed by atoms with Gasteiger partial charge in [0.15, 0.2) is 0 Å². The minimum atomic E-state index is -2.17. The van der Waals surface area contributed by atoms with Crippen molar-refractivity contribution in [3.8, 4) is 0 Å². The van der Waals surface area contributed by atoms with E-state index in [4.69, 9.17) is 4.52 Å². The third-order valence-electron chi connectivity index (χ3n) is 3.41. The minimum absolute atomic E-state index is 0.465. The Balaban J connectivity index is 2.21. The van der Waals surface area contributed by atoms with Gasteiger partial charge < -0.3 is 0 Å². The lowest BCUT2D eigenvalue weighted by Gasteiger charge is -2.07. The summed E-state index contributed by atoms with van der Waals surface area (Å²) in [6.07, 6.45) is 0. The van der Waals surface area contributed by atoms with Gasteiger partial charge in [-0.2, -0.15) is 0 Å². The Morgan fingerprint density at radius 3 is 2.25 bits per heavy atom. The van der Waals surface area contributed by atoms with Crippen molar-refractivity contribution in [1.82, 2.24) is 0 Å². The highest BCUT2D eigenvalue weighted by Gasteiger charge is 2.28. The molecule has 0 N–H and O–H groups in total. The van der Waals surface area contributed by atoms with E-state index in [2.05, 4.69) is 0 Å². The molecule has 0 amide bonds. The van der Waals surface area contributed by atoms with Crippen LogP contribution in [0.15, 0.2) is 42.5 Å². The highest BCUT2D eigenvalue weighted by atomic mass is 31.1. The van der Waals surface area contributed by atoms with Gasteiger partial charge in [-0.15, -0.1) is 0 Å². The van der Waals surface area contributed by atoms with E-state index in [-0.39, 0.29) is 0 Å². The average Bonchev–Trinajstić information content (AvgIpc) is 2.45. The first kappa shape index (κ1) is 14.4. The SMILES string of the molecule is Cc1ccc(C(=O)O[P+](=O)c2ccccc2)c(C)c1C. The van der Waals surface area contributed by atoms with Gasteiger partial charge in [0, 0.05) is 0 Å². The van der Waals surface area contributed by atoms with Gasteiger partial charge in [0.05, 0.1) is 5.56 Å². The van der Waals surface area contributed by atoms with E-state index in [0.717, 1.165) is 16.7 Å². The van der Waals surface area contributed by atoms with Crippen LogP contribution in [-0.4, -0.2) is 5.97 Å². The van der Waals surface area contributed by atoms with Crippen LogP contribution in [0.5, 0.6) is 0 Å². The molecule has 2 aromatic carbocycles. The van der Waals surface area contributed by atoms with E-state index >= 15 is 0 Å². The molecule has 2 rings (SSSR count). The van der Waals surface area contributed by atoms with Crippen LogP contribution in [0.25, 0.3) is 0 Å². The summed E-state index contributed by atoms with van der Waals surface area (Å²) in [5, 5.41) is 0.511. The highest BCUT2D eigenvalue weighted by Crippen LogP contribution is 2.26. The summed E-state index contributed by atoms with van der Waals surface area (Å²) in [5.74, 6) is -0.546. The topological polar surface area (TPSA) is 43.4 Å². The molecule has 1 unspecified atom stereocenters. The molecule has 3 nitrogen and oxygen atoms in total. The maximum absolute atomic E-state index is 12.1. The molecule has 0 aliphatic rings.